The normalized spacial score (nSPS) is 13.1. The van der Waals surface area contributed by atoms with Crippen molar-refractivity contribution in [1.29, 1.82) is 0 Å². The van der Waals surface area contributed by atoms with E-state index in [2.05, 4.69) is 45.7 Å². The Balaban J connectivity index is 0.000000191. The lowest BCUT2D eigenvalue weighted by atomic mass is 9.75. The third-order valence-electron chi connectivity index (χ3n) is 16.8. The van der Waals surface area contributed by atoms with Crippen molar-refractivity contribution in [2.75, 3.05) is 24.9 Å². The predicted octanol–water partition coefficient (Wildman–Crippen LogP) is 10.1. The van der Waals surface area contributed by atoms with E-state index < -0.39 is 70.5 Å². The number of aromatic nitrogens is 10. The molecular formula is C72H74BClF2N12O14. The first-order valence-electron chi connectivity index (χ1n) is 31.7. The van der Waals surface area contributed by atoms with Gasteiger partial charge < -0.3 is 38.9 Å². The molecule has 1 saturated heterocycles. The zero-order valence-corrected chi connectivity index (χ0v) is 59.6. The molecular weight excluding hydrogens is 1340 g/mol. The number of benzene rings is 4. The summed E-state index contributed by atoms with van der Waals surface area (Å²) in [5, 5.41) is 23.4. The van der Waals surface area contributed by atoms with Crippen LogP contribution in [-0.2, 0) is 76.0 Å². The minimum absolute atomic E-state index is 0.0579. The molecule has 1 fully saturated rings. The Morgan fingerprint density at radius 2 is 1.00 bits per heavy atom. The molecule has 2 N–H and O–H groups in total. The summed E-state index contributed by atoms with van der Waals surface area (Å²) in [7, 11) is 4.74. The van der Waals surface area contributed by atoms with E-state index in [9.17, 15) is 38.4 Å². The van der Waals surface area contributed by atoms with E-state index in [1.54, 1.807) is 54.6 Å². The second-order valence-electron chi connectivity index (χ2n) is 26.6. The number of nitrogens with zero attached hydrogens (tertiary/aromatic N) is 10. The first-order chi connectivity index (χ1) is 47.9. The lowest BCUT2D eigenvalue weighted by Gasteiger charge is -2.32. The molecule has 102 heavy (non-hydrogen) atoms. The number of halogens is 3. The van der Waals surface area contributed by atoms with Crippen molar-refractivity contribution in [3.8, 4) is 22.6 Å². The fourth-order valence-corrected chi connectivity index (χ4v) is 10.7. The molecule has 0 spiro atoms. The lowest BCUT2D eigenvalue weighted by molar-refractivity contribution is -0.143. The number of nitrogens with one attached hydrogen (secondary N) is 2. The Bertz CT molecular complexity index is 5170. The fourth-order valence-electron chi connectivity index (χ4n) is 10.5. The molecule has 10 aromatic rings. The molecule has 530 valence electrons. The summed E-state index contributed by atoms with van der Waals surface area (Å²) in [6.07, 6.45) is 5.55. The molecule has 26 nitrogen and oxygen atoms in total. The quantitative estimate of drug-likeness (QED) is 0.0580. The van der Waals surface area contributed by atoms with Crippen LogP contribution in [-0.4, -0.2) is 106 Å². The first kappa shape index (κ1) is 75.0. The third-order valence-corrected chi connectivity index (χ3v) is 17.0. The molecule has 0 bridgehead atoms. The van der Waals surface area contributed by atoms with Crippen LogP contribution in [0.25, 0.3) is 44.2 Å². The van der Waals surface area contributed by atoms with Gasteiger partial charge in [-0.25, -0.2) is 37.7 Å². The number of fused-ring (bicyclic) bond motifs is 2. The van der Waals surface area contributed by atoms with Gasteiger partial charge >= 0.3 is 31.0 Å². The number of aryl methyl sites for hydroxylation is 2. The molecule has 4 aromatic carbocycles. The first-order valence-corrected chi connectivity index (χ1v) is 32.1. The van der Waals surface area contributed by atoms with Gasteiger partial charge in [-0.1, -0.05) is 77.4 Å². The van der Waals surface area contributed by atoms with Crippen molar-refractivity contribution in [3.05, 3.63) is 213 Å². The Hall–Kier alpha value is -11.2. The molecule has 0 atom stereocenters. The van der Waals surface area contributed by atoms with Crippen LogP contribution in [0.2, 0.25) is 5.15 Å². The van der Waals surface area contributed by atoms with Crippen molar-refractivity contribution >= 4 is 92.6 Å². The second kappa shape index (κ2) is 30.0. The van der Waals surface area contributed by atoms with Crippen LogP contribution in [0.5, 0.6) is 0 Å². The molecule has 0 aliphatic carbocycles. The van der Waals surface area contributed by atoms with Crippen molar-refractivity contribution in [3.63, 3.8) is 0 Å². The average molecular weight is 1420 g/mol. The second-order valence-corrected chi connectivity index (χ2v) is 27.0. The zero-order valence-electron chi connectivity index (χ0n) is 58.9. The minimum atomic E-state index is -0.761. The largest absolute Gasteiger partial charge is 0.495 e. The summed E-state index contributed by atoms with van der Waals surface area (Å²) >= 11 is 5.78. The number of ether oxygens (including phenoxy) is 4. The van der Waals surface area contributed by atoms with Gasteiger partial charge in [-0.15, -0.1) is 0 Å². The summed E-state index contributed by atoms with van der Waals surface area (Å²) < 4.78 is 67.5. The van der Waals surface area contributed by atoms with Gasteiger partial charge in [0.15, 0.2) is 5.15 Å². The zero-order chi connectivity index (χ0) is 74.7. The van der Waals surface area contributed by atoms with Crippen LogP contribution in [0.1, 0.15) is 126 Å². The van der Waals surface area contributed by atoms with Gasteiger partial charge in [0.25, 0.3) is 22.2 Å². The highest BCUT2D eigenvalue weighted by atomic mass is 35.5. The average Bonchev–Trinajstić information content (AvgIpc) is 0.880. The third kappa shape index (κ3) is 16.5. The van der Waals surface area contributed by atoms with E-state index >= 15 is 8.78 Å². The number of rotatable bonds is 14. The van der Waals surface area contributed by atoms with E-state index in [1.807, 2.05) is 69.2 Å². The van der Waals surface area contributed by atoms with Crippen LogP contribution >= 0.6 is 11.6 Å². The topological polar surface area (TPSA) is 313 Å². The van der Waals surface area contributed by atoms with Crippen molar-refractivity contribution < 1.29 is 56.2 Å². The maximum atomic E-state index is 15.4. The molecule has 0 saturated carbocycles. The van der Waals surface area contributed by atoms with E-state index in [-0.39, 0.29) is 79.7 Å². The number of carbonyl (C=O) groups is 4. The van der Waals surface area contributed by atoms with Gasteiger partial charge in [0.2, 0.25) is 0 Å². The Kier molecular flexibility index (Phi) is 22.0. The molecule has 0 amide bonds. The van der Waals surface area contributed by atoms with Crippen LogP contribution in [0.3, 0.4) is 0 Å². The van der Waals surface area contributed by atoms with Crippen LogP contribution in [0.15, 0.2) is 141 Å². The van der Waals surface area contributed by atoms with Gasteiger partial charge in [-0.3, -0.25) is 28.8 Å². The van der Waals surface area contributed by atoms with Gasteiger partial charge in [0.1, 0.15) is 47.9 Å². The molecule has 6 aromatic heterocycles. The summed E-state index contributed by atoms with van der Waals surface area (Å²) in [6, 6.07) is 25.4. The number of pyridine rings is 2. The smallest absolute Gasteiger partial charge is 0.465 e. The number of carbonyl (C=O) groups excluding carboxylic acids is 4. The van der Waals surface area contributed by atoms with Gasteiger partial charge in [0, 0.05) is 73.9 Å². The van der Waals surface area contributed by atoms with Crippen molar-refractivity contribution in [2.24, 2.45) is 14.1 Å². The van der Waals surface area contributed by atoms with Gasteiger partial charge in [-0.05, 0) is 122 Å². The number of hydrogen-bond donors (Lipinski definition) is 2. The molecule has 11 rings (SSSR count). The summed E-state index contributed by atoms with van der Waals surface area (Å²) in [6.45, 7) is 21.7. The van der Waals surface area contributed by atoms with E-state index in [0.717, 1.165) is 24.3 Å². The Morgan fingerprint density at radius 1 is 0.569 bits per heavy atom. The van der Waals surface area contributed by atoms with Gasteiger partial charge in [-0.2, -0.15) is 29.8 Å². The lowest BCUT2D eigenvalue weighted by Crippen LogP contribution is -2.41. The maximum Gasteiger partial charge on any atom is 0.495 e. The highest BCUT2D eigenvalue weighted by Crippen LogP contribution is 2.38. The monoisotopic (exact) mass is 1410 g/mol. The van der Waals surface area contributed by atoms with Crippen LogP contribution in [0.4, 0.5) is 31.8 Å². The molecule has 7 heterocycles. The maximum absolute atomic E-state index is 15.4. The highest BCUT2D eigenvalue weighted by Gasteiger charge is 2.52. The Labute approximate surface area is 588 Å². The summed E-state index contributed by atoms with van der Waals surface area (Å²) in [4.78, 5) is 107. The number of methoxy groups -OCH3 is 2. The highest BCUT2D eigenvalue weighted by molar-refractivity contribution is 6.62. The molecule has 0 unspecified atom stereocenters. The van der Waals surface area contributed by atoms with E-state index in [4.69, 9.17) is 35.1 Å². The van der Waals surface area contributed by atoms with E-state index in [1.165, 1.54) is 109 Å². The van der Waals surface area contributed by atoms with Crippen LogP contribution < -0.4 is 38.3 Å². The molecule has 0 radical (unpaired) electrons. The number of anilines is 4. The minimum Gasteiger partial charge on any atom is -0.465 e. The number of hydrogen-bond acceptors (Lipinski definition) is 22. The molecule has 1 aliphatic rings. The SMILES string of the molecule is CC(=O)OCc1c(B2OC(C)(C)C(C)(C)O2)cccc1-n1ncc2cc(C(C)(C)C)cc(F)c2c1=O.COC(=O)c1ccc(Nc2cc(-c3cccc(-n4ncc5cc(C(C)(C)C)cc(F)c5c4=O)c3COC(C)=O)nn(C)c2=O)nc1.COC(=O)c1ccc(Nc2cc(Cl)nn(C)c2=O)nc1. The number of esters is 4. The summed E-state index contributed by atoms with van der Waals surface area (Å²) in [5.41, 5.74) is 1.14. The summed E-state index contributed by atoms with van der Waals surface area (Å²) in [5.74, 6) is -2.70. The van der Waals surface area contributed by atoms with E-state index in [0.29, 0.717) is 55.6 Å². The molecule has 30 heteroatoms. The predicted molar refractivity (Wildman–Crippen MR) is 379 cm³/mol. The fraction of sp³-hybridized carbons (Fsp3) is 0.306. The van der Waals surface area contributed by atoms with Crippen molar-refractivity contribution in [1.82, 2.24) is 49.1 Å². The molecule has 1 aliphatic heterocycles. The standard InChI is InChI=1S/C33H31FN6O6.C27H32BFN2O5.C12H11ClN4O3/c1-18(41)46-17-23-22(25-14-26(30(42)39(5)38-25)37-28-11-10-19(15-35-28)32(44)45-6)8-7-9-27(23)40-31(43)29-20(16-36-40)12-21(13-24(29)34)33(2,3)4;1-16(32)34-15-19-20(28-35-26(5,6)27(7,8)36-28)10-9-11-22(19)31-24(33)23-17(14-30-31)12-18(13-21(23)29)25(2,3)4;1-17-11(18)8(5-9(13)16-17)15-10-4-3-7(6-14-10)12(19)20-2/h7-16H,17H2,1-6H3,(H,35,37);9-14H,15H2,1-8H3;3-6H,1-2H3,(H,14,15). The van der Waals surface area contributed by atoms with Crippen molar-refractivity contribution in [2.45, 2.75) is 118 Å². The Morgan fingerprint density at radius 3 is 1.43 bits per heavy atom. The van der Waals surface area contributed by atoms with Gasteiger partial charge in [0.05, 0.1) is 76.8 Å². The van der Waals surface area contributed by atoms with Crippen LogP contribution in [0, 0.1) is 11.6 Å².